The van der Waals surface area contributed by atoms with Gasteiger partial charge < -0.3 is 4.52 Å². The van der Waals surface area contributed by atoms with Gasteiger partial charge in [-0.25, -0.2) is 4.98 Å². The van der Waals surface area contributed by atoms with Crippen LogP contribution >= 0.6 is 11.3 Å². The maximum absolute atomic E-state index is 5.49. The highest BCUT2D eigenvalue weighted by molar-refractivity contribution is 7.07. The Labute approximate surface area is 131 Å². The number of aromatic nitrogens is 4. The number of nitrogens with zero attached hydrogens (tertiary/aromatic N) is 5. The molecule has 0 N–H and O–H groups in total. The third kappa shape index (κ3) is 2.65. The van der Waals surface area contributed by atoms with Gasteiger partial charge in [0.25, 0.3) is 0 Å². The van der Waals surface area contributed by atoms with Gasteiger partial charge in [-0.1, -0.05) is 11.2 Å². The van der Waals surface area contributed by atoms with E-state index in [0.29, 0.717) is 11.7 Å². The first-order valence-electron chi connectivity index (χ1n) is 7.26. The van der Waals surface area contributed by atoms with Crippen molar-refractivity contribution in [2.45, 2.75) is 25.4 Å². The Morgan fingerprint density at radius 2 is 2.32 bits per heavy atom. The quantitative estimate of drug-likeness (QED) is 0.737. The smallest absolute Gasteiger partial charge is 0.244 e. The highest BCUT2D eigenvalue weighted by Crippen LogP contribution is 2.32. The third-order valence-corrected chi connectivity index (χ3v) is 4.47. The molecule has 0 saturated carbocycles. The van der Waals surface area contributed by atoms with Crippen molar-refractivity contribution >= 4 is 11.3 Å². The van der Waals surface area contributed by atoms with E-state index in [-0.39, 0.29) is 6.04 Å². The molecule has 4 heterocycles. The summed E-state index contributed by atoms with van der Waals surface area (Å²) in [6.07, 6.45) is 3.90. The standard InChI is InChI=1S/C15H15N5OS/c1-2-6-16-12(4-1)14-18-15(21-19-14)13-5-3-7-20(13)8-11-9-22-10-17-11/h1-2,4,6,9-10,13H,3,5,7-8H2/t13-/m0/s1. The average Bonchev–Trinajstić information content (AvgIpc) is 3.30. The summed E-state index contributed by atoms with van der Waals surface area (Å²) in [5.74, 6) is 1.23. The summed E-state index contributed by atoms with van der Waals surface area (Å²) in [5, 5.41) is 6.16. The van der Waals surface area contributed by atoms with Crippen LogP contribution < -0.4 is 0 Å². The molecule has 22 heavy (non-hydrogen) atoms. The van der Waals surface area contributed by atoms with Crippen LogP contribution in [0.1, 0.15) is 30.5 Å². The molecule has 1 fully saturated rings. The summed E-state index contributed by atoms with van der Waals surface area (Å²) >= 11 is 1.62. The summed E-state index contributed by atoms with van der Waals surface area (Å²) < 4.78 is 5.49. The molecule has 0 aliphatic carbocycles. The van der Waals surface area contributed by atoms with E-state index in [4.69, 9.17) is 4.52 Å². The van der Waals surface area contributed by atoms with Crippen molar-refractivity contribution in [2.24, 2.45) is 0 Å². The maximum Gasteiger partial charge on any atom is 0.244 e. The molecule has 3 aromatic rings. The van der Waals surface area contributed by atoms with Crippen LogP contribution in [0.4, 0.5) is 0 Å². The molecule has 7 heteroatoms. The Kier molecular flexibility index (Phi) is 3.65. The van der Waals surface area contributed by atoms with Crippen LogP contribution in [0, 0.1) is 0 Å². The molecule has 1 aliphatic heterocycles. The minimum Gasteiger partial charge on any atom is -0.337 e. The van der Waals surface area contributed by atoms with Gasteiger partial charge in [0.15, 0.2) is 0 Å². The predicted octanol–water partition coefficient (Wildman–Crippen LogP) is 2.93. The van der Waals surface area contributed by atoms with Crippen molar-refractivity contribution in [2.75, 3.05) is 6.54 Å². The number of hydrogen-bond donors (Lipinski definition) is 0. The normalized spacial score (nSPS) is 18.8. The summed E-state index contributed by atoms with van der Waals surface area (Å²) in [6, 6.07) is 5.85. The molecular weight excluding hydrogens is 298 g/mol. The topological polar surface area (TPSA) is 67.9 Å². The fourth-order valence-corrected chi connectivity index (χ4v) is 3.34. The molecule has 6 nitrogen and oxygen atoms in total. The fraction of sp³-hybridized carbons (Fsp3) is 0.333. The van der Waals surface area contributed by atoms with Gasteiger partial charge in [0.05, 0.1) is 17.2 Å². The predicted molar refractivity (Wildman–Crippen MR) is 82.0 cm³/mol. The molecule has 1 atom stereocenters. The Balaban J connectivity index is 1.55. The molecule has 4 rings (SSSR count). The Morgan fingerprint density at radius 1 is 1.32 bits per heavy atom. The van der Waals surface area contributed by atoms with Crippen molar-refractivity contribution in [1.29, 1.82) is 0 Å². The molecular formula is C15H15N5OS. The molecule has 112 valence electrons. The molecule has 3 aromatic heterocycles. The third-order valence-electron chi connectivity index (χ3n) is 3.83. The highest BCUT2D eigenvalue weighted by atomic mass is 32.1. The summed E-state index contributed by atoms with van der Waals surface area (Å²) in [4.78, 5) is 15.5. The van der Waals surface area contributed by atoms with Crippen LogP contribution in [0.25, 0.3) is 11.5 Å². The summed E-state index contributed by atoms with van der Waals surface area (Å²) in [5.41, 5.74) is 3.70. The van der Waals surface area contributed by atoms with Gasteiger partial charge in [-0.3, -0.25) is 9.88 Å². The molecule has 0 aromatic carbocycles. The number of thiazole rings is 1. The van der Waals surface area contributed by atoms with Gasteiger partial charge in [-0.15, -0.1) is 11.3 Å². The van der Waals surface area contributed by atoms with E-state index < -0.39 is 0 Å². The molecule has 0 bridgehead atoms. The van der Waals surface area contributed by atoms with Gasteiger partial charge in [0.2, 0.25) is 11.7 Å². The fourth-order valence-electron chi connectivity index (χ4n) is 2.79. The van der Waals surface area contributed by atoms with E-state index >= 15 is 0 Å². The van der Waals surface area contributed by atoms with Gasteiger partial charge in [-0.2, -0.15) is 4.98 Å². The van der Waals surface area contributed by atoms with Crippen LogP contribution in [-0.2, 0) is 6.54 Å². The van der Waals surface area contributed by atoms with Crippen LogP contribution in [0.3, 0.4) is 0 Å². The van der Waals surface area contributed by atoms with Gasteiger partial charge in [0.1, 0.15) is 5.69 Å². The van der Waals surface area contributed by atoms with Crippen molar-refractivity contribution < 1.29 is 4.52 Å². The van der Waals surface area contributed by atoms with Crippen molar-refractivity contribution in [3.8, 4) is 11.5 Å². The van der Waals surface area contributed by atoms with E-state index in [0.717, 1.165) is 37.3 Å². The summed E-state index contributed by atoms with van der Waals surface area (Å²) in [7, 11) is 0. The second kappa shape index (κ2) is 5.94. The van der Waals surface area contributed by atoms with Crippen LogP contribution in [0.5, 0.6) is 0 Å². The zero-order valence-electron chi connectivity index (χ0n) is 11.9. The number of likely N-dealkylation sites (tertiary alicyclic amines) is 1. The van der Waals surface area contributed by atoms with E-state index in [1.807, 2.05) is 23.7 Å². The molecule has 0 radical (unpaired) electrons. The Morgan fingerprint density at radius 3 is 3.14 bits per heavy atom. The first-order valence-corrected chi connectivity index (χ1v) is 8.20. The Hall–Kier alpha value is -2.12. The van der Waals surface area contributed by atoms with Crippen LogP contribution in [0.15, 0.2) is 39.8 Å². The van der Waals surface area contributed by atoms with E-state index in [9.17, 15) is 0 Å². The Bertz CT molecular complexity index is 727. The van der Waals surface area contributed by atoms with Gasteiger partial charge in [0, 0.05) is 18.1 Å². The molecule has 1 aliphatic rings. The van der Waals surface area contributed by atoms with E-state index in [1.54, 1.807) is 17.5 Å². The SMILES string of the molecule is c1ccc(-c2noc([C@@H]3CCCN3Cc3cscn3)n2)nc1. The minimum atomic E-state index is 0.173. The average molecular weight is 313 g/mol. The first kappa shape index (κ1) is 13.5. The number of hydrogen-bond acceptors (Lipinski definition) is 7. The molecule has 0 amide bonds. The zero-order valence-corrected chi connectivity index (χ0v) is 12.7. The van der Waals surface area contributed by atoms with Crippen molar-refractivity contribution in [3.05, 3.63) is 46.9 Å². The maximum atomic E-state index is 5.49. The first-order chi connectivity index (χ1) is 10.9. The second-order valence-electron chi connectivity index (χ2n) is 5.28. The van der Waals surface area contributed by atoms with Gasteiger partial charge >= 0.3 is 0 Å². The van der Waals surface area contributed by atoms with Crippen molar-refractivity contribution in [3.63, 3.8) is 0 Å². The van der Waals surface area contributed by atoms with E-state index in [2.05, 4.69) is 30.4 Å². The lowest BCUT2D eigenvalue weighted by atomic mass is 10.2. The molecule has 1 saturated heterocycles. The number of pyridine rings is 1. The minimum absolute atomic E-state index is 0.173. The monoisotopic (exact) mass is 313 g/mol. The lowest BCUT2D eigenvalue weighted by Crippen LogP contribution is -2.23. The lowest BCUT2D eigenvalue weighted by Gasteiger charge is -2.20. The molecule has 0 spiro atoms. The number of rotatable bonds is 4. The van der Waals surface area contributed by atoms with Crippen molar-refractivity contribution in [1.82, 2.24) is 25.0 Å². The summed E-state index contributed by atoms with van der Waals surface area (Å²) in [6.45, 7) is 1.86. The van der Waals surface area contributed by atoms with Crippen LogP contribution in [-0.4, -0.2) is 31.6 Å². The molecule has 0 unspecified atom stereocenters. The van der Waals surface area contributed by atoms with E-state index in [1.165, 1.54) is 0 Å². The lowest BCUT2D eigenvalue weighted by molar-refractivity contribution is 0.199. The second-order valence-corrected chi connectivity index (χ2v) is 6.00. The van der Waals surface area contributed by atoms with Gasteiger partial charge in [-0.05, 0) is 31.5 Å². The largest absolute Gasteiger partial charge is 0.337 e. The zero-order chi connectivity index (χ0) is 14.8. The highest BCUT2D eigenvalue weighted by Gasteiger charge is 2.31. The van der Waals surface area contributed by atoms with Crippen LogP contribution in [0.2, 0.25) is 0 Å².